The van der Waals surface area contributed by atoms with Gasteiger partial charge in [-0.15, -0.1) is 0 Å². The van der Waals surface area contributed by atoms with Gasteiger partial charge in [0.1, 0.15) is 0 Å². The van der Waals surface area contributed by atoms with E-state index in [0.29, 0.717) is 16.9 Å². The highest BCUT2D eigenvalue weighted by atomic mass is 32.2. The number of amides is 2. The standard InChI is InChI=1S/C22H18N4O3S/c1-26-13-12-23-22(26)30-18-10-8-17(9-11-18)24-20(27)15-4-6-16(7-5-15)25-21(28)19-3-2-14-29-19/h2-14H,1H3,(H,24,27)(H,25,28). The van der Waals surface area contributed by atoms with Gasteiger partial charge in [-0.25, -0.2) is 4.98 Å². The van der Waals surface area contributed by atoms with E-state index in [2.05, 4.69) is 15.6 Å². The molecule has 150 valence electrons. The number of rotatable bonds is 6. The van der Waals surface area contributed by atoms with E-state index >= 15 is 0 Å². The molecule has 2 heterocycles. The first-order valence-electron chi connectivity index (χ1n) is 9.10. The molecule has 2 amide bonds. The van der Waals surface area contributed by atoms with Gasteiger partial charge < -0.3 is 19.6 Å². The van der Waals surface area contributed by atoms with Gasteiger partial charge in [0.15, 0.2) is 10.9 Å². The third-order valence-electron chi connectivity index (χ3n) is 4.25. The first kappa shape index (κ1) is 19.5. The molecular formula is C22H18N4O3S. The number of benzene rings is 2. The van der Waals surface area contributed by atoms with Crippen LogP contribution < -0.4 is 10.6 Å². The van der Waals surface area contributed by atoms with E-state index < -0.39 is 0 Å². The summed E-state index contributed by atoms with van der Waals surface area (Å²) in [4.78, 5) is 29.8. The number of carbonyl (C=O) groups is 2. The van der Waals surface area contributed by atoms with Crippen LogP contribution in [0.1, 0.15) is 20.9 Å². The van der Waals surface area contributed by atoms with Crippen molar-refractivity contribution in [3.8, 4) is 0 Å². The molecule has 7 nitrogen and oxygen atoms in total. The summed E-state index contributed by atoms with van der Waals surface area (Å²) in [6, 6.07) is 17.4. The lowest BCUT2D eigenvalue weighted by atomic mass is 10.2. The zero-order valence-corrected chi connectivity index (χ0v) is 16.8. The second-order valence-electron chi connectivity index (χ2n) is 6.41. The lowest BCUT2D eigenvalue weighted by molar-refractivity contribution is 0.0995. The molecule has 0 aliphatic rings. The van der Waals surface area contributed by atoms with E-state index in [1.165, 1.54) is 6.26 Å². The lowest BCUT2D eigenvalue weighted by Gasteiger charge is -2.08. The fourth-order valence-electron chi connectivity index (χ4n) is 2.67. The number of furan rings is 1. The van der Waals surface area contributed by atoms with Crippen molar-refractivity contribution >= 4 is 35.0 Å². The third kappa shape index (κ3) is 4.61. The van der Waals surface area contributed by atoms with E-state index in [1.54, 1.807) is 54.4 Å². The molecule has 4 rings (SSSR count). The normalized spacial score (nSPS) is 10.6. The van der Waals surface area contributed by atoms with Gasteiger partial charge in [-0.1, -0.05) is 11.8 Å². The summed E-state index contributed by atoms with van der Waals surface area (Å²) in [7, 11) is 1.94. The van der Waals surface area contributed by atoms with Gasteiger partial charge in [-0.3, -0.25) is 9.59 Å². The van der Waals surface area contributed by atoms with Crippen molar-refractivity contribution in [3.63, 3.8) is 0 Å². The molecule has 0 aliphatic heterocycles. The van der Waals surface area contributed by atoms with Gasteiger partial charge >= 0.3 is 0 Å². The van der Waals surface area contributed by atoms with Crippen molar-refractivity contribution in [2.24, 2.45) is 7.05 Å². The Hall–Kier alpha value is -3.78. The summed E-state index contributed by atoms with van der Waals surface area (Å²) in [5.74, 6) is -0.356. The SMILES string of the molecule is Cn1ccnc1Sc1ccc(NC(=O)c2ccc(NC(=O)c3ccco3)cc2)cc1. The molecule has 0 bridgehead atoms. The Kier molecular flexibility index (Phi) is 5.67. The van der Waals surface area contributed by atoms with Gasteiger partial charge in [0.25, 0.3) is 11.8 Å². The van der Waals surface area contributed by atoms with Crippen LogP contribution in [0.25, 0.3) is 0 Å². The van der Waals surface area contributed by atoms with E-state index in [1.807, 2.05) is 42.1 Å². The van der Waals surface area contributed by atoms with Crippen LogP contribution in [0.3, 0.4) is 0 Å². The molecule has 30 heavy (non-hydrogen) atoms. The summed E-state index contributed by atoms with van der Waals surface area (Å²) in [6.07, 6.45) is 5.08. The molecule has 0 aliphatic carbocycles. The van der Waals surface area contributed by atoms with Crippen LogP contribution >= 0.6 is 11.8 Å². The third-order valence-corrected chi connectivity index (χ3v) is 5.33. The number of imidazole rings is 1. The number of hydrogen-bond acceptors (Lipinski definition) is 5. The lowest BCUT2D eigenvalue weighted by Crippen LogP contribution is -2.13. The average Bonchev–Trinajstić information content (AvgIpc) is 3.42. The number of carbonyl (C=O) groups excluding carboxylic acids is 2. The zero-order chi connectivity index (χ0) is 20.9. The molecule has 4 aromatic rings. The van der Waals surface area contributed by atoms with Gasteiger partial charge in [-0.2, -0.15) is 0 Å². The minimum Gasteiger partial charge on any atom is -0.459 e. The maximum atomic E-state index is 12.5. The van der Waals surface area contributed by atoms with Crippen LogP contribution in [-0.4, -0.2) is 21.4 Å². The van der Waals surface area contributed by atoms with Crippen LogP contribution in [0, 0.1) is 0 Å². The van der Waals surface area contributed by atoms with Gasteiger partial charge in [0.05, 0.1) is 6.26 Å². The predicted molar refractivity (Wildman–Crippen MR) is 115 cm³/mol. The molecule has 0 fully saturated rings. The largest absolute Gasteiger partial charge is 0.459 e. The molecule has 2 aromatic carbocycles. The van der Waals surface area contributed by atoms with Crippen LogP contribution in [-0.2, 0) is 7.05 Å². The van der Waals surface area contributed by atoms with Crippen molar-refractivity contribution in [1.29, 1.82) is 0 Å². The second-order valence-corrected chi connectivity index (χ2v) is 7.45. The highest BCUT2D eigenvalue weighted by Gasteiger charge is 2.10. The zero-order valence-electron chi connectivity index (χ0n) is 16.0. The molecule has 0 radical (unpaired) electrons. The fraction of sp³-hybridized carbons (Fsp3) is 0.0455. The molecule has 0 atom stereocenters. The Bertz CT molecular complexity index is 1150. The molecule has 0 unspecified atom stereocenters. The molecule has 0 saturated carbocycles. The predicted octanol–water partition coefficient (Wildman–Crippen LogP) is 4.67. The highest BCUT2D eigenvalue weighted by molar-refractivity contribution is 7.99. The number of aryl methyl sites for hydroxylation is 1. The molecular weight excluding hydrogens is 400 g/mol. The summed E-state index contributed by atoms with van der Waals surface area (Å²) >= 11 is 1.55. The number of anilines is 2. The summed E-state index contributed by atoms with van der Waals surface area (Å²) in [5.41, 5.74) is 1.75. The van der Waals surface area contributed by atoms with Crippen molar-refractivity contribution in [2.45, 2.75) is 10.1 Å². The maximum Gasteiger partial charge on any atom is 0.291 e. The Morgan fingerprint density at radius 3 is 2.20 bits per heavy atom. The topological polar surface area (TPSA) is 89.2 Å². The Morgan fingerprint density at radius 1 is 0.933 bits per heavy atom. The average molecular weight is 418 g/mol. The van der Waals surface area contributed by atoms with Crippen LogP contribution in [0.15, 0.2) is 93.8 Å². The van der Waals surface area contributed by atoms with Crippen molar-refractivity contribution in [1.82, 2.24) is 9.55 Å². The van der Waals surface area contributed by atoms with E-state index in [-0.39, 0.29) is 17.6 Å². The summed E-state index contributed by atoms with van der Waals surface area (Å²) in [5, 5.41) is 6.48. The monoisotopic (exact) mass is 418 g/mol. The first-order valence-corrected chi connectivity index (χ1v) is 9.92. The van der Waals surface area contributed by atoms with E-state index in [9.17, 15) is 9.59 Å². The number of nitrogens with zero attached hydrogens (tertiary/aromatic N) is 2. The maximum absolute atomic E-state index is 12.5. The summed E-state index contributed by atoms with van der Waals surface area (Å²) in [6.45, 7) is 0. The summed E-state index contributed by atoms with van der Waals surface area (Å²) < 4.78 is 7.00. The van der Waals surface area contributed by atoms with E-state index in [4.69, 9.17) is 4.42 Å². The molecule has 8 heteroatoms. The van der Waals surface area contributed by atoms with Crippen molar-refractivity contribution < 1.29 is 14.0 Å². The smallest absolute Gasteiger partial charge is 0.291 e. The molecule has 0 spiro atoms. The number of nitrogens with one attached hydrogen (secondary N) is 2. The van der Waals surface area contributed by atoms with Gasteiger partial charge in [0, 0.05) is 41.3 Å². The molecule has 2 aromatic heterocycles. The van der Waals surface area contributed by atoms with Crippen LogP contribution in [0.2, 0.25) is 0 Å². The second kappa shape index (κ2) is 8.71. The Labute approximate surface area is 177 Å². The van der Waals surface area contributed by atoms with Crippen LogP contribution in [0.4, 0.5) is 11.4 Å². The first-order chi connectivity index (χ1) is 14.6. The van der Waals surface area contributed by atoms with Crippen molar-refractivity contribution in [3.05, 3.63) is 90.6 Å². The Balaban J connectivity index is 1.35. The minimum absolute atomic E-state index is 0.223. The molecule has 0 saturated heterocycles. The molecule has 2 N–H and O–H groups in total. The quantitative estimate of drug-likeness (QED) is 0.475. The fourth-order valence-corrected chi connectivity index (χ4v) is 3.47. The number of hydrogen-bond donors (Lipinski definition) is 2. The van der Waals surface area contributed by atoms with Gasteiger partial charge in [0.2, 0.25) is 0 Å². The highest BCUT2D eigenvalue weighted by Crippen LogP contribution is 2.27. The number of aromatic nitrogens is 2. The Morgan fingerprint density at radius 2 is 1.60 bits per heavy atom. The van der Waals surface area contributed by atoms with Crippen LogP contribution in [0.5, 0.6) is 0 Å². The van der Waals surface area contributed by atoms with E-state index in [0.717, 1.165) is 10.1 Å². The van der Waals surface area contributed by atoms with Crippen molar-refractivity contribution in [2.75, 3.05) is 10.6 Å². The minimum atomic E-state index is -0.347. The van der Waals surface area contributed by atoms with Gasteiger partial charge in [-0.05, 0) is 60.7 Å².